The number of morpholine rings is 1. The smallest absolute Gasteiger partial charge is 0.245 e. The lowest BCUT2D eigenvalue weighted by molar-refractivity contribution is 0.00453. The number of nitrogens with two attached hydrogens (primary N) is 1. The molecule has 1 aliphatic rings. The predicted octanol–water partition coefficient (Wildman–Crippen LogP) is 0.0395. The standard InChI is InChI=1S/C11H14N4O3S2/c12-6-8-7-15(4-5-18-8)20(16,17)10-3-1-2-9-11(10)14-19-13-9/h1-3,8H,4-7,12H2. The Kier molecular flexibility index (Phi) is 3.69. The van der Waals surface area contributed by atoms with Crippen molar-refractivity contribution in [2.45, 2.75) is 11.0 Å². The van der Waals surface area contributed by atoms with E-state index >= 15 is 0 Å². The molecule has 0 radical (unpaired) electrons. The van der Waals surface area contributed by atoms with Gasteiger partial charge in [0.25, 0.3) is 0 Å². The number of hydrogen-bond donors (Lipinski definition) is 1. The number of benzene rings is 1. The number of rotatable bonds is 3. The van der Waals surface area contributed by atoms with E-state index in [4.69, 9.17) is 10.5 Å². The van der Waals surface area contributed by atoms with E-state index in [1.807, 2.05) is 0 Å². The summed E-state index contributed by atoms with van der Waals surface area (Å²) in [5.74, 6) is 0. The zero-order chi connectivity index (χ0) is 14.2. The molecule has 2 N–H and O–H groups in total. The third kappa shape index (κ3) is 2.31. The van der Waals surface area contributed by atoms with Gasteiger partial charge in [-0.1, -0.05) is 6.07 Å². The van der Waals surface area contributed by atoms with E-state index in [1.54, 1.807) is 18.2 Å². The highest BCUT2D eigenvalue weighted by atomic mass is 32.2. The highest BCUT2D eigenvalue weighted by Crippen LogP contribution is 2.25. The minimum atomic E-state index is -3.60. The number of nitrogens with zero attached hydrogens (tertiary/aromatic N) is 3. The Hall–Kier alpha value is -1.13. The Morgan fingerprint density at radius 2 is 2.30 bits per heavy atom. The van der Waals surface area contributed by atoms with E-state index in [2.05, 4.69) is 8.75 Å². The first-order chi connectivity index (χ1) is 9.63. The van der Waals surface area contributed by atoms with E-state index in [-0.39, 0.29) is 17.5 Å². The summed E-state index contributed by atoms with van der Waals surface area (Å²) in [4.78, 5) is 0.196. The second-order valence-electron chi connectivity index (χ2n) is 4.48. The molecule has 0 aliphatic carbocycles. The molecule has 108 valence electrons. The highest BCUT2D eigenvalue weighted by molar-refractivity contribution is 7.89. The minimum absolute atomic E-state index is 0.196. The van der Waals surface area contributed by atoms with Crippen LogP contribution in [-0.2, 0) is 14.8 Å². The fourth-order valence-electron chi connectivity index (χ4n) is 2.18. The maximum absolute atomic E-state index is 12.7. The molecule has 7 nitrogen and oxygen atoms in total. The number of aromatic nitrogens is 2. The summed E-state index contributed by atoms with van der Waals surface area (Å²) < 4.78 is 40.4. The van der Waals surface area contributed by atoms with Crippen LogP contribution in [0, 0.1) is 0 Å². The fourth-order valence-corrected chi connectivity index (χ4v) is 4.39. The van der Waals surface area contributed by atoms with Gasteiger partial charge in [-0.05, 0) is 12.1 Å². The van der Waals surface area contributed by atoms with Gasteiger partial charge in [-0.2, -0.15) is 13.1 Å². The Morgan fingerprint density at radius 1 is 1.45 bits per heavy atom. The Bertz CT molecular complexity index is 715. The predicted molar refractivity (Wildman–Crippen MR) is 75.0 cm³/mol. The highest BCUT2D eigenvalue weighted by Gasteiger charge is 2.32. The molecule has 0 bridgehead atoms. The molecule has 2 heterocycles. The van der Waals surface area contributed by atoms with Crippen LogP contribution in [0.2, 0.25) is 0 Å². The first-order valence-corrected chi connectivity index (χ1v) is 8.33. The van der Waals surface area contributed by atoms with Gasteiger partial charge in [0, 0.05) is 19.6 Å². The summed E-state index contributed by atoms with van der Waals surface area (Å²) >= 11 is 1.01. The van der Waals surface area contributed by atoms with Crippen LogP contribution >= 0.6 is 11.7 Å². The van der Waals surface area contributed by atoms with Crippen molar-refractivity contribution in [3.8, 4) is 0 Å². The normalized spacial score (nSPS) is 21.4. The quantitative estimate of drug-likeness (QED) is 0.859. The molecule has 1 atom stereocenters. The van der Waals surface area contributed by atoms with Crippen LogP contribution in [0.4, 0.5) is 0 Å². The van der Waals surface area contributed by atoms with E-state index in [1.165, 1.54) is 4.31 Å². The van der Waals surface area contributed by atoms with Gasteiger partial charge >= 0.3 is 0 Å². The third-order valence-corrected chi connectivity index (χ3v) is 5.67. The van der Waals surface area contributed by atoms with Gasteiger partial charge in [-0.25, -0.2) is 8.42 Å². The van der Waals surface area contributed by atoms with Crippen LogP contribution in [-0.4, -0.2) is 53.8 Å². The largest absolute Gasteiger partial charge is 0.374 e. The topological polar surface area (TPSA) is 98.4 Å². The van der Waals surface area contributed by atoms with E-state index in [0.29, 0.717) is 30.7 Å². The number of ether oxygens (including phenoxy) is 1. The van der Waals surface area contributed by atoms with Crippen LogP contribution in [0.1, 0.15) is 0 Å². The monoisotopic (exact) mass is 314 g/mol. The van der Waals surface area contributed by atoms with Crippen LogP contribution in [0.15, 0.2) is 23.1 Å². The molecule has 9 heteroatoms. The molecule has 1 aromatic carbocycles. The number of fused-ring (bicyclic) bond motifs is 1. The molecule has 1 fully saturated rings. The van der Waals surface area contributed by atoms with Crippen LogP contribution < -0.4 is 5.73 Å². The first-order valence-electron chi connectivity index (χ1n) is 6.16. The lowest BCUT2D eigenvalue weighted by Crippen LogP contribution is -2.48. The summed E-state index contributed by atoms with van der Waals surface area (Å²) in [6, 6.07) is 4.99. The van der Waals surface area contributed by atoms with E-state index in [0.717, 1.165) is 11.7 Å². The van der Waals surface area contributed by atoms with Crippen molar-refractivity contribution in [3.05, 3.63) is 18.2 Å². The van der Waals surface area contributed by atoms with Gasteiger partial charge in [-0.15, -0.1) is 0 Å². The second-order valence-corrected chi connectivity index (χ2v) is 6.91. The van der Waals surface area contributed by atoms with Crippen molar-refractivity contribution < 1.29 is 13.2 Å². The molecule has 1 aromatic heterocycles. The summed E-state index contributed by atoms with van der Waals surface area (Å²) in [5, 5.41) is 0. The molecule has 0 saturated carbocycles. The van der Waals surface area contributed by atoms with Gasteiger partial charge in [0.1, 0.15) is 15.9 Å². The molecule has 1 unspecified atom stereocenters. The molecule has 1 saturated heterocycles. The Balaban J connectivity index is 2.01. The van der Waals surface area contributed by atoms with Gasteiger partial charge in [0.05, 0.1) is 24.4 Å². The summed E-state index contributed by atoms with van der Waals surface area (Å²) in [6.07, 6.45) is -0.258. The number of sulfonamides is 1. The van der Waals surface area contributed by atoms with Gasteiger partial charge in [0.15, 0.2) is 0 Å². The average molecular weight is 314 g/mol. The molecule has 0 amide bonds. The van der Waals surface area contributed by atoms with E-state index < -0.39 is 10.0 Å². The maximum Gasteiger partial charge on any atom is 0.245 e. The van der Waals surface area contributed by atoms with Gasteiger partial charge in [0.2, 0.25) is 10.0 Å². The minimum Gasteiger partial charge on any atom is -0.374 e. The van der Waals surface area contributed by atoms with Crippen molar-refractivity contribution in [2.75, 3.05) is 26.2 Å². The van der Waals surface area contributed by atoms with Crippen LogP contribution in [0.25, 0.3) is 11.0 Å². The van der Waals surface area contributed by atoms with Gasteiger partial charge in [-0.3, -0.25) is 0 Å². The molecule has 1 aliphatic heterocycles. The molecule has 3 rings (SSSR count). The van der Waals surface area contributed by atoms with E-state index in [9.17, 15) is 8.42 Å². The van der Waals surface area contributed by atoms with Crippen molar-refractivity contribution in [3.63, 3.8) is 0 Å². The van der Waals surface area contributed by atoms with Crippen molar-refractivity contribution in [1.82, 2.24) is 13.1 Å². The molecular formula is C11H14N4O3S2. The fraction of sp³-hybridized carbons (Fsp3) is 0.455. The van der Waals surface area contributed by atoms with Crippen LogP contribution in [0.5, 0.6) is 0 Å². The average Bonchev–Trinajstić information content (AvgIpc) is 2.95. The number of hydrogen-bond acceptors (Lipinski definition) is 7. The lowest BCUT2D eigenvalue weighted by atomic mass is 10.3. The van der Waals surface area contributed by atoms with Crippen LogP contribution in [0.3, 0.4) is 0 Å². The first kappa shape index (κ1) is 13.8. The summed E-state index contributed by atoms with van der Waals surface area (Å²) in [5.41, 5.74) is 6.58. The van der Waals surface area contributed by atoms with Crippen molar-refractivity contribution in [2.24, 2.45) is 5.73 Å². The molecule has 0 spiro atoms. The maximum atomic E-state index is 12.7. The van der Waals surface area contributed by atoms with Crippen molar-refractivity contribution >= 4 is 32.8 Å². The molecule has 20 heavy (non-hydrogen) atoms. The summed E-state index contributed by atoms with van der Waals surface area (Å²) in [7, 11) is -3.60. The summed E-state index contributed by atoms with van der Waals surface area (Å²) in [6.45, 7) is 1.25. The second kappa shape index (κ2) is 5.34. The Morgan fingerprint density at radius 3 is 3.10 bits per heavy atom. The molecule has 2 aromatic rings. The molecular weight excluding hydrogens is 300 g/mol. The zero-order valence-electron chi connectivity index (χ0n) is 10.6. The van der Waals surface area contributed by atoms with Gasteiger partial charge < -0.3 is 10.5 Å². The third-order valence-electron chi connectivity index (χ3n) is 3.23. The zero-order valence-corrected chi connectivity index (χ0v) is 12.2. The SMILES string of the molecule is NCC1CN(S(=O)(=O)c2cccc3nsnc23)CCO1. The Labute approximate surface area is 120 Å². The lowest BCUT2D eigenvalue weighted by Gasteiger charge is -2.31. The van der Waals surface area contributed by atoms with Crippen molar-refractivity contribution in [1.29, 1.82) is 0 Å².